The van der Waals surface area contributed by atoms with E-state index in [0.717, 1.165) is 28.5 Å². The van der Waals surface area contributed by atoms with Crippen LogP contribution in [0.5, 0.6) is 0 Å². The Morgan fingerprint density at radius 3 is 3.06 bits per heavy atom. The maximum absolute atomic E-state index is 12.0. The Morgan fingerprint density at radius 1 is 1.44 bits per heavy atom. The minimum Gasteiger partial charge on any atom is -0.292 e. The number of aryl methyl sites for hydroxylation is 1. The highest BCUT2D eigenvalue weighted by molar-refractivity contribution is 7.98. The van der Waals surface area contributed by atoms with E-state index in [1.54, 1.807) is 17.8 Å². The second kappa shape index (κ2) is 3.48. The zero-order valence-corrected chi connectivity index (χ0v) is 9.54. The molecule has 3 rings (SSSR count). The van der Waals surface area contributed by atoms with E-state index in [-0.39, 0.29) is 5.56 Å². The Balaban J connectivity index is 2.18. The minimum atomic E-state index is 0.0121. The van der Waals surface area contributed by atoms with Crippen LogP contribution in [0.2, 0.25) is 0 Å². The Hall–Kier alpha value is -1.56. The predicted molar refractivity (Wildman–Crippen MR) is 61.7 cm³/mol. The van der Waals surface area contributed by atoms with Crippen LogP contribution in [-0.2, 0) is 11.5 Å². The van der Waals surface area contributed by atoms with Gasteiger partial charge in [0.05, 0.1) is 11.3 Å². The van der Waals surface area contributed by atoms with Crippen LogP contribution in [-0.4, -0.2) is 19.7 Å². The number of nitrogens with zero attached hydrogens (tertiary/aromatic N) is 3. The Bertz CT molecular complexity index is 601. The van der Waals surface area contributed by atoms with Crippen LogP contribution in [0.1, 0.15) is 17.0 Å². The summed E-state index contributed by atoms with van der Waals surface area (Å²) in [6, 6.07) is 1.79. The van der Waals surface area contributed by atoms with Crippen LogP contribution in [0.4, 0.5) is 0 Å². The monoisotopic (exact) mass is 234 g/mol. The number of rotatable bonds is 1. The minimum absolute atomic E-state index is 0.0121. The number of aromatic amines is 1. The van der Waals surface area contributed by atoms with Gasteiger partial charge in [0.15, 0.2) is 5.82 Å². The van der Waals surface area contributed by atoms with Crippen molar-refractivity contribution < 1.29 is 0 Å². The number of aromatic nitrogens is 4. The van der Waals surface area contributed by atoms with E-state index in [1.165, 1.54) is 11.0 Å². The number of hydrogen-bond donors (Lipinski definition) is 1. The number of thioether (sulfide) groups is 1. The number of fused-ring (bicyclic) bond motifs is 1. The molecule has 0 unspecified atom stereocenters. The molecule has 2 aromatic heterocycles. The fourth-order valence-electron chi connectivity index (χ4n) is 1.76. The second-order valence-electron chi connectivity index (χ2n) is 3.72. The molecule has 0 bridgehead atoms. The van der Waals surface area contributed by atoms with Crippen LogP contribution in [0.3, 0.4) is 0 Å². The summed E-state index contributed by atoms with van der Waals surface area (Å²) >= 11 is 1.75. The van der Waals surface area contributed by atoms with Gasteiger partial charge in [0.1, 0.15) is 6.33 Å². The third kappa shape index (κ3) is 1.37. The molecule has 5 nitrogen and oxygen atoms in total. The zero-order chi connectivity index (χ0) is 11.1. The van der Waals surface area contributed by atoms with Crippen molar-refractivity contribution in [2.24, 2.45) is 0 Å². The third-order valence-corrected chi connectivity index (χ3v) is 3.57. The van der Waals surface area contributed by atoms with Crippen molar-refractivity contribution >= 4 is 11.8 Å². The number of nitrogens with one attached hydrogen (secondary N) is 1. The van der Waals surface area contributed by atoms with E-state index in [4.69, 9.17) is 0 Å². The molecular formula is C10H10N4OS. The van der Waals surface area contributed by atoms with Gasteiger partial charge in [-0.3, -0.25) is 9.89 Å². The van der Waals surface area contributed by atoms with Gasteiger partial charge in [-0.25, -0.2) is 14.6 Å². The lowest BCUT2D eigenvalue weighted by Crippen LogP contribution is -2.18. The Kier molecular flexibility index (Phi) is 2.10. The summed E-state index contributed by atoms with van der Waals surface area (Å²) in [5, 5.41) is 3.10. The van der Waals surface area contributed by atoms with Gasteiger partial charge >= 0.3 is 0 Å². The van der Waals surface area contributed by atoms with Crippen molar-refractivity contribution in [1.29, 1.82) is 0 Å². The van der Waals surface area contributed by atoms with E-state index >= 15 is 0 Å². The summed E-state index contributed by atoms with van der Waals surface area (Å²) in [4.78, 5) is 20.1. The van der Waals surface area contributed by atoms with Crippen LogP contribution >= 0.6 is 11.8 Å². The highest BCUT2D eigenvalue weighted by atomic mass is 32.2. The van der Waals surface area contributed by atoms with E-state index in [1.807, 2.05) is 6.92 Å². The molecule has 0 spiro atoms. The molecule has 16 heavy (non-hydrogen) atoms. The SMILES string of the molecule is Cc1cc(-n2[nH]c3c(c2=O)CSC3)ncn1. The largest absolute Gasteiger partial charge is 0.292 e. The fraction of sp³-hybridized carbons (Fsp3) is 0.300. The third-order valence-electron chi connectivity index (χ3n) is 2.58. The molecular weight excluding hydrogens is 224 g/mol. The summed E-state index contributed by atoms with van der Waals surface area (Å²) < 4.78 is 1.50. The second-order valence-corrected chi connectivity index (χ2v) is 4.71. The number of hydrogen-bond acceptors (Lipinski definition) is 4. The molecule has 1 N–H and O–H groups in total. The lowest BCUT2D eigenvalue weighted by atomic mass is 10.3. The average molecular weight is 234 g/mol. The van der Waals surface area contributed by atoms with Gasteiger partial charge < -0.3 is 0 Å². The zero-order valence-electron chi connectivity index (χ0n) is 8.73. The molecule has 0 radical (unpaired) electrons. The molecule has 0 atom stereocenters. The first-order valence-electron chi connectivity index (χ1n) is 4.95. The first-order valence-corrected chi connectivity index (χ1v) is 6.11. The van der Waals surface area contributed by atoms with E-state index in [9.17, 15) is 4.79 Å². The Labute approximate surface area is 95.9 Å². The van der Waals surface area contributed by atoms with Crippen molar-refractivity contribution in [1.82, 2.24) is 19.7 Å². The molecule has 0 aromatic carbocycles. The maximum Gasteiger partial charge on any atom is 0.276 e. The van der Waals surface area contributed by atoms with Gasteiger partial charge in [0, 0.05) is 23.3 Å². The summed E-state index contributed by atoms with van der Waals surface area (Å²) in [5.41, 5.74) is 2.76. The molecule has 1 aliphatic rings. The van der Waals surface area contributed by atoms with Gasteiger partial charge in [-0.2, -0.15) is 11.8 Å². The summed E-state index contributed by atoms with van der Waals surface area (Å²) in [6.45, 7) is 1.88. The summed E-state index contributed by atoms with van der Waals surface area (Å²) in [7, 11) is 0. The van der Waals surface area contributed by atoms with E-state index in [0.29, 0.717) is 5.82 Å². The summed E-state index contributed by atoms with van der Waals surface area (Å²) in [5.74, 6) is 2.28. The molecule has 0 amide bonds. The van der Waals surface area contributed by atoms with E-state index < -0.39 is 0 Å². The van der Waals surface area contributed by atoms with Gasteiger partial charge in [-0.15, -0.1) is 0 Å². The highest BCUT2D eigenvalue weighted by Gasteiger charge is 2.20. The molecule has 82 valence electrons. The first kappa shape index (κ1) is 9.65. The van der Waals surface area contributed by atoms with Gasteiger partial charge in [0.25, 0.3) is 5.56 Å². The lowest BCUT2D eigenvalue weighted by Gasteiger charge is -2.01. The molecule has 2 aromatic rings. The lowest BCUT2D eigenvalue weighted by molar-refractivity contribution is 0.795. The van der Waals surface area contributed by atoms with Crippen LogP contribution in [0.15, 0.2) is 17.2 Å². The molecule has 3 heterocycles. The predicted octanol–water partition coefficient (Wildman–Crippen LogP) is 1.01. The quantitative estimate of drug-likeness (QED) is 0.800. The molecule has 6 heteroatoms. The van der Waals surface area contributed by atoms with Crippen LogP contribution in [0, 0.1) is 6.92 Å². The van der Waals surface area contributed by atoms with Gasteiger partial charge in [-0.1, -0.05) is 0 Å². The Morgan fingerprint density at radius 2 is 2.31 bits per heavy atom. The first-order chi connectivity index (χ1) is 7.75. The maximum atomic E-state index is 12.0. The normalized spacial score (nSPS) is 14.1. The highest BCUT2D eigenvalue weighted by Crippen LogP contribution is 2.25. The summed E-state index contributed by atoms with van der Waals surface area (Å²) in [6.07, 6.45) is 1.47. The fourth-order valence-corrected chi connectivity index (χ4v) is 2.81. The molecule has 1 aliphatic heterocycles. The number of H-pyrrole nitrogens is 1. The van der Waals surface area contributed by atoms with Crippen molar-refractivity contribution in [2.45, 2.75) is 18.4 Å². The molecule has 0 aliphatic carbocycles. The standard InChI is InChI=1S/C10H10N4OS/c1-6-2-9(12-5-11-6)14-10(15)7-3-16-4-8(7)13-14/h2,5,13H,3-4H2,1H3. The smallest absolute Gasteiger partial charge is 0.276 e. The van der Waals surface area contributed by atoms with Crippen molar-refractivity contribution in [3.05, 3.63) is 39.7 Å². The molecule has 0 saturated heterocycles. The topological polar surface area (TPSA) is 63.6 Å². The van der Waals surface area contributed by atoms with Crippen molar-refractivity contribution in [3.8, 4) is 5.82 Å². The van der Waals surface area contributed by atoms with Gasteiger partial charge in [0.2, 0.25) is 0 Å². The van der Waals surface area contributed by atoms with E-state index in [2.05, 4.69) is 15.1 Å². The van der Waals surface area contributed by atoms with Crippen molar-refractivity contribution in [2.75, 3.05) is 0 Å². The van der Waals surface area contributed by atoms with Crippen molar-refractivity contribution in [3.63, 3.8) is 0 Å². The van der Waals surface area contributed by atoms with Gasteiger partial charge in [-0.05, 0) is 6.92 Å². The molecule has 0 fully saturated rings. The average Bonchev–Trinajstić information content (AvgIpc) is 2.82. The van der Waals surface area contributed by atoms with Crippen LogP contribution < -0.4 is 5.56 Å². The molecule has 0 saturated carbocycles. The van der Waals surface area contributed by atoms with Crippen LogP contribution in [0.25, 0.3) is 5.82 Å².